The van der Waals surface area contributed by atoms with E-state index in [-0.39, 0.29) is 10.9 Å². The molecule has 0 fully saturated rings. The van der Waals surface area contributed by atoms with Crippen LogP contribution in [0.25, 0.3) is 5.70 Å². The van der Waals surface area contributed by atoms with E-state index in [2.05, 4.69) is 11.9 Å². The maximum atomic E-state index is 12.6. The fraction of sp³-hybridized carbons (Fsp3) is 0.250. The van der Waals surface area contributed by atoms with Gasteiger partial charge in [-0.3, -0.25) is 4.90 Å². The number of sulfonamides is 1. The first-order valence-corrected chi connectivity index (χ1v) is 10.3. The first-order chi connectivity index (χ1) is 12.9. The number of urea groups is 1. The van der Waals surface area contributed by atoms with Crippen molar-refractivity contribution in [3.05, 3.63) is 66.2 Å². The molecule has 1 aliphatic heterocycles. The van der Waals surface area contributed by atoms with Crippen LogP contribution in [-0.2, 0) is 16.6 Å². The molecule has 1 N–H and O–H groups in total. The number of hydrogen-bond donors (Lipinski definition) is 1. The van der Waals surface area contributed by atoms with Gasteiger partial charge >= 0.3 is 6.03 Å². The van der Waals surface area contributed by atoms with Crippen LogP contribution in [0.15, 0.2) is 60.0 Å². The van der Waals surface area contributed by atoms with Gasteiger partial charge in [0.25, 0.3) is 0 Å². The lowest BCUT2D eigenvalue weighted by Crippen LogP contribution is -2.36. The molecule has 0 bridgehead atoms. The highest BCUT2D eigenvalue weighted by Crippen LogP contribution is 2.31. The van der Waals surface area contributed by atoms with Crippen molar-refractivity contribution < 1.29 is 13.2 Å². The highest BCUT2D eigenvalue weighted by molar-refractivity contribution is 7.89. The van der Waals surface area contributed by atoms with Crippen LogP contribution in [0.4, 0.5) is 10.5 Å². The van der Waals surface area contributed by atoms with Crippen LogP contribution >= 0.6 is 0 Å². The zero-order valence-electron chi connectivity index (χ0n) is 15.5. The van der Waals surface area contributed by atoms with Gasteiger partial charge in [0.1, 0.15) is 0 Å². The van der Waals surface area contributed by atoms with Crippen molar-refractivity contribution in [2.45, 2.75) is 25.3 Å². The van der Waals surface area contributed by atoms with Crippen LogP contribution in [-0.4, -0.2) is 36.7 Å². The molecule has 142 valence electrons. The molecule has 0 aromatic heterocycles. The Kier molecular flexibility index (Phi) is 5.34. The maximum absolute atomic E-state index is 12.6. The van der Waals surface area contributed by atoms with E-state index in [1.807, 2.05) is 38.1 Å². The molecule has 3 rings (SSSR count). The van der Waals surface area contributed by atoms with Gasteiger partial charge in [-0.15, -0.1) is 0 Å². The molecule has 0 radical (unpaired) electrons. The molecule has 27 heavy (non-hydrogen) atoms. The molecule has 6 nitrogen and oxygen atoms in total. The van der Waals surface area contributed by atoms with Gasteiger partial charge in [-0.2, -0.15) is 4.31 Å². The normalized spacial score (nSPS) is 14.3. The van der Waals surface area contributed by atoms with Crippen molar-refractivity contribution in [1.29, 1.82) is 0 Å². The SMILES string of the molecule is C=C1c2ccccc2NC(=O)N1Cc1ccc(S(=O)(=O)N(CC)CC)cc1. The summed E-state index contributed by atoms with van der Waals surface area (Å²) in [6.07, 6.45) is 0. The lowest BCUT2D eigenvalue weighted by Gasteiger charge is -2.31. The molecule has 1 aliphatic rings. The van der Waals surface area contributed by atoms with Gasteiger partial charge in [-0.25, -0.2) is 13.2 Å². The third-order valence-electron chi connectivity index (χ3n) is 4.66. The van der Waals surface area contributed by atoms with E-state index in [0.717, 1.165) is 16.8 Å². The van der Waals surface area contributed by atoms with Gasteiger partial charge in [0.05, 0.1) is 17.1 Å². The Bertz CT molecular complexity index is 964. The second-order valence-electron chi connectivity index (χ2n) is 6.24. The fourth-order valence-corrected chi connectivity index (χ4v) is 4.58. The summed E-state index contributed by atoms with van der Waals surface area (Å²) in [5, 5.41) is 2.85. The Morgan fingerprint density at radius 2 is 1.67 bits per heavy atom. The number of carbonyl (C=O) groups excluding carboxylic acids is 1. The summed E-state index contributed by atoms with van der Waals surface area (Å²) in [5.41, 5.74) is 3.06. The summed E-state index contributed by atoms with van der Waals surface area (Å²) in [6, 6.07) is 13.9. The molecule has 0 unspecified atom stereocenters. The van der Waals surface area contributed by atoms with Gasteiger partial charge in [-0.1, -0.05) is 50.8 Å². The molecular formula is C20H23N3O3S. The lowest BCUT2D eigenvalue weighted by molar-refractivity contribution is 0.229. The molecule has 7 heteroatoms. The van der Waals surface area contributed by atoms with Crippen LogP contribution in [0, 0.1) is 0 Å². The molecule has 0 saturated heterocycles. The average molecular weight is 385 g/mol. The zero-order chi connectivity index (χ0) is 19.6. The van der Waals surface area contributed by atoms with Crippen molar-refractivity contribution >= 4 is 27.4 Å². The fourth-order valence-electron chi connectivity index (χ4n) is 3.12. The predicted molar refractivity (Wildman–Crippen MR) is 107 cm³/mol. The number of benzene rings is 2. The van der Waals surface area contributed by atoms with E-state index in [1.165, 1.54) is 4.31 Å². The predicted octanol–water partition coefficient (Wildman–Crippen LogP) is 3.74. The van der Waals surface area contributed by atoms with Crippen LogP contribution in [0.5, 0.6) is 0 Å². The van der Waals surface area contributed by atoms with Crippen molar-refractivity contribution in [3.63, 3.8) is 0 Å². The number of amides is 2. The Balaban J connectivity index is 1.81. The maximum Gasteiger partial charge on any atom is 0.326 e. The summed E-state index contributed by atoms with van der Waals surface area (Å²) in [4.78, 5) is 14.2. The van der Waals surface area contributed by atoms with E-state index in [1.54, 1.807) is 29.2 Å². The number of nitrogens with zero attached hydrogens (tertiary/aromatic N) is 2. The lowest BCUT2D eigenvalue weighted by atomic mass is 10.1. The first-order valence-electron chi connectivity index (χ1n) is 8.84. The molecule has 2 aromatic carbocycles. The Labute approximate surface area is 160 Å². The van der Waals surface area contributed by atoms with Crippen LogP contribution in [0.2, 0.25) is 0 Å². The van der Waals surface area contributed by atoms with Gasteiger partial charge < -0.3 is 5.32 Å². The van der Waals surface area contributed by atoms with Crippen molar-refractivity contribution in [2.24, 2.45) is 0 Å². The van der Waals surface area contributed by atoms with Crippen LogP contribution < -0.4 is 5.32 Å². The molecule has 1 heterocycles. The van der Waals surface area contributed by atoms with Gasteiger partial charge in [0.15, 0.2) is 0 Å². The highest BCUT2D eigenvalue weighted by Gasteiger charge is 2.26. The van der Waals surface area contributed by atoms with E-state index in [9.17, 15) is 13.2 Å². The van der Waals surface area contributed by atoms with E-state index >= 15 is 0 Å². The highest BCUT2D eigenvalue weighted by atomic mass is 32.2. The minimum atomic E-state index is -3.49. The monoisotopic (exact) mass is 385 g/mol. The zero-order valence-corrected chi connectivity index (χ0v) is 16.3. The molecule has 0 aliphatic carbocycles. The number of para-hydroxylation sites is 1. The number of nitrogens with one attached hydrogen (secondary N) is 1. The topological polar surface area (TPSA) is 69.7 Å². The second kappa shape index (κ2) is 7.54. The molecule has 2 aromatic rings. The van der Waals surface area contributed by atoms with E-state index in [0.29, 0.717) is 25.3 Å². The van der Waals surface area contributed by atoms with Crippen molar-refractivity contribution in [3.8, 4) is 0 Å². The Morgan fingerprint density at radius 1 is 1.04 bits per heavy atom. The summed E-state index contributed by atoms with van der Waals surface area (Å²) in [6.45, 7) is 8.83. The summed E-state index contributed by atoms with van der Waals surface area (Å²) < 4.78 is 26.6. The van der Waals surface area contributed by atoms with Crippen LogP contribution in [0.3, 0.4) is 0 Å². The number of hydrogen-bond acceptors (Lipinski definition) is 3. The molecular weight excluding hydrogens is 362 g/mol. The summed E-state index contributed by atoms with van der Waals surface area (Å²) in [7, 11) is -3.49. The number of anilines is 1. The number of rotatable bonds is 6. The Morgan fingerprint density at radius 3 is 2.30 bits per heavy atom. The minimum Gasteiger partial charge on any atom is -0.307 e. The van der Waals surface area contributed by atoms with Gasteiger partial charge in [0, 0.05) is 24.4 Å². The standard InChI is InChI=1S/C20H23N3O3S/c1-4-22(5-2)27(25,26)17-12-10-16(11-13-17)14-23-15(3)18-8-6-7-9-19(18)21-20(23)24/h6-13H,3-5,14H2,1-2H3,(H,21,24). The molecule has 0 saturated carbocycles. The van der Waals surface area contributed by atoms with Gasteiger partial charge in [0.2, 0.25) is 10.0 Å². The minimum absolute atomic E-state index is 0.251. The van der Waals surface area contributed by atoms with Crippen molar-refractivity contribution in [2.75, 3.05) is 18.4 Å². The molecule has 0 atom stereocenters. The quantitative estimate of drug-likeness (QED) is 0.824. The average Bonchev–Trinajstić information content (AvgIpc) is 2.66. The van der Waals surface area contributed by atoms with E-state index < -0.39 is 10.0 Å². The van der Waals surface area contributed by atoms with Crippen molar-refractivity contribution in [1.82, 2.24) is 9.21 Å². The van der Waals surface area contributed by atoms with E-state index in [4.69, 9.17) is 0 Å². The third kappa shape index (κ3) is 3.61. The number of carbonyl (C=O) groups is 1. The first kappa shape index (κ1) is 19.1. The number of fused-ring (bicyclic) bond motifs is 1. The second-order valence-corrected chi connectivity index (χ2v) is 8.18. The smallest absolute Gasteiger partial charge is 0.307 e. The third-order valence-corrected chi connectivity index (χ3v) is 6.72. The largest absolute Gasteiger partial charge is 0.326 e. The van der Waals surface area contributed by atoms with Crippen LogP contribution in [0.1, 0.15) is 25.0 Å². The summed E-state index contributed by atoms with van der Waals surface area (Å²) >= 11 is 0. The molecule has 0 spiro atoms. The molecule has 2 amide bonds. The van der Waals surface area contributed by atoms with Gasteiger partial charge in [-0.05, 0) is 23.8 Å². The summed E-state index contributed by atoms with van der Waals surface area (Å²) in [5.74, 6) is 0. The Hall–Kier alpha value is -2.64.